The molecular weight excluding hydrogens is 162 g/mol. The van der Waals surface area contributed by atoms with Crippen molar-refractivity contribution in [3.05, 3.63) is 35.9 Å². The van der Waals surface area contributed by atoms with Crippen LogP contribution in [0.25, 0.3) is 0 Å². The van der Waals surface area contributed by atoms with Gasteiger partial charge in [0.2, 0.25) is 0 Å². The van der Waals surface area contributed by atoms with Crippen molar-refractivity contribution in [3.63, 3.8) is 0 Å². The summed E-state index contributed by atoms with van der Waals surface area (Å²) in [6.45, 7) is 3.48. The van der Waals surface area contributed by atoms with Gasteiger partial charge in [0.25, 0.3) is 0 Å². The second-order valence-corrected chi connectivity index (χ2v) is 3.50. The zero-order valence-corrected chi connectivity index (χ0v) is 8.28. The zero-order valence-electron chi connectivity index (χ0n) is 8.28. The van der Waals surface area contributed by atoms with E-state index in [4.69, 9.17) is 0 Å². The smallest absolute Gasteiger partial charge is 0.101 e. The number of aliphatic imine (C=N–C) groups is 1. The maximum absolute atomic E-state index is 9.80. The fraction of sp³-hybridized carbons (Fsp3) is 0.364. The minimum atomic E-state index is -0.879. The Labute approximate surface area is 78.9 Å². The highest BCUT2D eigenvalue weighted by atomic mass is 16.3. The Kier molecular flexibility index (Phi) is 2.83. The van der Waals surface area contributed by atoms with E-state index in [0.29, 0.717) is 5.71 Å². The number of aliphatic hydroxyl groups is 1. The third kappa shape index (κ3) is 2.39. The van der Waals surface area contributed by atoms with E-state index in [-0.39, 0.29) is 0 Å². The van der Waals surface area contributed by atoms with E-state index in [9.17, 15) is 5.11 Å². The van der Waals surface area contributed by atoms with Gasteiger partial charge in [0, 0.05) is 7.05 Å². The average Bonchev–Trinajstić information content (AvgIpc) is 2.05. The molecule has 2 heteroatoms. The van der Waals surface area contributed by atoms with Gasteiger partial charge in [-0.15, -0.1) is 0 Å². The van der Waals surface area contributed by atoms with E-state index in [1.54, 1.807) is 20.9 Å². The molecule has 0 saturated carbocycles. The topological polar surface area (TPSA) is 32.6 Å². The van der Waals surface area contributed by atoms with Gasteiger partial charge in [-0.1, -0.05) is 30.3 Å². The predicted octanol–water partition coefficient (Wildman–Crippen LogP) is 1.88. The minimum Gasteiger partial charge on any atom is -0.384 e. The van der Waals surface area contributed by atoms with E-state index in [0.717, 1.165) is 5.56 Å². The Morgan fingerprint density at radius 2 is 1.77 bits per heavy atom. The molecular formula is C11H15NO. The SMILES string of the molecule is CN=C(c1ccccc1)C(C)(C)O. The van der Waals surface area contributed by atoms with Gasteiger partial charge in [-0.3, -0.25) is 4.99 Å². The Morgan fingerprint density at radius 1 is 1.23 bits per heavy atom. The summed E-state index contributed by atoms with van der Waals surface area (Å²) >= 11 is 0. The van der Waals surface area contributed by atoms with Crippen LogP contribution in [-0.4, -0.2) is 23.5 Å². The molecule has 0 amide bonds. The fourth-order valence-electron chi connectivity index (χ4n) is 1.35. The van der Waals surface area contributed by atoms with E-state index in [1.165, 1.54) is 0 Å². The van der Waals surface area contributed by atoms with Crippen LogP contribution in [0.15, 0.2) is 35.3 Å². The quantitative estimate of drug-likeness (QED) is 0.687. The van der Waals surface area contributed by atoms with E-state index in [2.05, 4.69) is 4.99 Å². The number of hydrogen-bond donors (Lipinski definition) is 1. The zero-order chi connectivity index (χ0) is 9.90. The normalized spacial score (nSPS) is 13.1. The van der Waals surface area contributed by atoms with Crippen LogP contribution in [0, 0.1) is 0 Å². The molecule has 1 N–H and O–H groups in total. The highest BCUT2D eigenvalue weighted by Crippen LogP contribution is 2.13. The first-order valence-electron chi connectivity index (χ1n) is 4.31. The first-order valence-corrected chi connectivity index (χ1v) is 4.31. The standard InChI is InChI=1S/C11H15NO/c1-11(2,13)10(12-3)9-7-5-4-6-8-9/h4-8,13H,1-3H3. The maximum atomic E-state index is 9.80. The van der Waals surface area contributed by atoms with Crippen LogP contribution < -0.4 is 0 Å². The largest absolute Gasteiger partial charge is 0.384 e. The van der Waals surface area contributed by atoms with Gasteiger partial charge in [0.15, 0.2) is 0 Å². The molecule has 0 unspecified atom stereocenters. The molecule has 0 aliphatic carbocycles. The molecule has 0 aliphatic rings. The van der Waals surface area contributed by atoms with Crippen LogP contribution in [-0.2, 0) is 0 Å². The summed E-state index contributed by atoms with van der Waals surface area (Å²) in [7, 11) is 1.69. The van der Waals surface area contributed by atoms with Crippen LogP contribution in [0.4, 0.5) is 0 Å². The lowest BCUT2D eigenvalue weighted by molar-refractivity contribution is 0.154. The molecule has 1 aromatic carbocycles. The summed E-state index contributed by atoms with van der Waals surface area (Å²) in [6.07, 6.45) is 0. The molecule has 0 radical (unpaired) electrons. The lowest BCUT2D eigenvalue weighted by atomic mass is 9.96. The third-order valence-corrected chi connectivity index (χ3v) is 1.85. The molecule has 0 saturated heterocycles. The van der Waals surface area contributed by atoms with Crippen molar-refractivity contribution in [2.24, 2.45) is 4.99 Å². The van der Waals surface area contributed by atoms with Crippen LogP contribution in [0.1, 0.15) is 19.4 Å². The second-order valence-electron chi connectivity index (χ2n) is 3.50. The first-order chi connectivity index (χ1) is 6.05. The lowest BCUT2D eigenvalue weighted by Crippen LogP contribution is -2.31. The Bertz CT molecular complexity index is 296. The molecule has 0 heterocycles. The summed E-state index contributed by atoms with van der Waals surface area (Å²) in [4.78, 5) is 4.10. The van der Waals surface area contributed by atoms with Gasteiger partial charge in [0.05, 0.1) is 5.71 Å². The van der Waals surface area contributed by atoms with Gasteiger partial charge in [0.1, 0.15) is 5.60 Å². The molecule has 70 valence electrons. The lowest BCUT2D eigenvalue weighted by Gasteiger charge is -2.19. The molecule has 0 bridgehead atoms. The Morgan fingerprint density at radius 3 is 2.15 bits per heavy atom. The molecule has 1 aromatic rings. The molecule has 0 fully saturated rings. The Hall–Kier alpha value is -1.15. The van der Waals surface area contributed by atoms with E-state index in [1.807, 2.05) is 30.3 Å². The van der Waals surface area contributed by atoms with Crippen molar-refractivity contribution < 1.29 is 5.11 Å². The number of rotatable bonds is 2. The van der Waals surface area contributed by atoms with Crippen molar-refractivity contribution in [1.82, 2.24) is 0 Å². The molecule has 0 spiro atoms. The van der Waals surface area contributed by atoms with Gasteiger partial charge in [-0.05, 0) is 19.4 Å². The van der Waals surface area contributed by atoms with Crippen LogP contribution in [0.2, 0.25) is 0 Å². The third-order valence-electron chi connectivity index (χ3n) is 1.85. The highest BCUT2D eigenvalue weighted by Gasteiger charge is 2.21. The van der Waals surface area contributed by atoms with E-state index < -0.39 is 5.60 Å². The number of nitrogens with zero attached hydrogens (tertiary/aromatic N) is 1. The Balaban J connectivity index is 3.08. The monoisotopic (exact) mass is 177 g/mol. The summed E-state index contributed by atoms with van der Waals surface area (Å²) in [5.74, 6) is 0. The van der Waals surface area contributed by atoms with Crippen LogP contribution in [0.3, 0.4) is 0 Å². The van der Waals surface area contributed by atoms with Crippen LogP contribution >= 0.6 is 0 Å². The van der Waals surface area contributed by atoms with Crippen molar-refractivity contribution in [1.29, 1.82) is 0 Å². The van der Waals surface area contributed by atoms with Crippen molar-refractivity contribution in [2.45, 2.75) is 19.4 Å². The molecule has 2 nitrogen and oxygen atoms in total. The van der Waals surface area contributed by atoms with Gasteiger partial charge >= 0.3 is 0 Å². The summed E-state index contributed by atoms with van der Waals surface area (Å²) in [5, 5.41) is 9.80. The van der Waals surface area contributed by atoms with Gasteiger partial charge in [-0.25, -0.2) is 0 Å². The van der Waals surface area contributed by atoms with Gasteiger partial charge in [-0.2, -0.15) is 0 Å². The van der Waals surface area contributed by atoms with Crippen molar-refractivity contribution >= 4 is 5.71 Å². The minimum absolute atomic E-state index is 0.716. The molecule has 0 aliphatic heterocycles. The average molecular weight is 177 g/mol. The first kappa shape index (κ1) is 9.93. The molecule has 0 atom stereocenters. The number of hydrogen-bond acceptors (Lipinski definition) is 2. The predicted molar refractivity (Wildman–Crippen MR) is 55.2 cm³/mol. The van der Waals surface area contributed by atoms with Crippen molar-refractivity contribution in [2.75, 3.05) is 7.05 Å². The summed E-state index contributed by atoms with van der Waals surface area (Å²) in [5.41, 5.74) is 0.807. The molecule has 13 heavy (non-hydrogen) atoms. The van der Waals surface area contributed by atoms with Gasteiger partial charge < -0.3 is 5.11 Å². The van der Waals surface area contributed by atoms with Crippen LogP contribution in [0.5, 0.6) is 0 Å². The fourth-order valence-corrected chi connectivity index (χ4v) is 1.35. The van der Waals surface area contributed by atoms with E-state index >= 15 is 0 Å². The number of benzene rings is 1. The highest BCUT2D eigenvalue weighted by molar-refractivity contribution is 6.05. The molecule has 1 rings (SSSR count). The summed E-state index contributed by atoms with van der Waals surface area (Å²) in [6, 6.07) is 9.71. The molecule has 0 aromatic heterocycles. The maximum Gasteiger partial charge on any atom is 0.101 e. The van der Waals surface area contributed by atoms with Crippen molar-refractivity contribution in [3.8, 4) is 0 Å². The second kappa shape index (κ2) is 3.71. The summed E-state index contributed by atoms with van der Waals surface area (Å²) < 4.78 is 0.